The average Bonchev–Trinajstić information content (AvgIpc) is 3.26. The number of thiazole rings is 1. The van der Waals surface area contributed by atoms with Crippen LogP contribution < -0.4 is 5.32 Å². The van der Waals surface area contributed by atoms with Crippen LogP contribution in [-0.4, -0.2) is 38.8 Å². The molecule has 23 heavy (non-hydrogen) atoms. The van der Waals surface area contributed by atoms with Gasteiger partial charge in [0.2, 0.25) is 0 Å². The summed E-state index contributed by atoms with van der Waals surface area (Å²) in [5, 5.41) is 10.3. The molecule has 7 heteroatoms. The Bertz CT molecular complexity index is 590. The predicted molar refractivity (Wildman–Crippen MR) is 90.2 cm³/mol. The number of amides is 2. The number of nitrogens with one attached hydrogen (secondary N) is 1. The molecule has 0 aromatic carbocycles. The van der Waals surface area contributed by atoms with E-state index in [0.29, 0.717) is 5.92 Å². The molecule has 3 heterocycles. The molecule has 1 N–H and O–H groups in total. The lowest BCUT2D eigenvalue weighted by Gasteiger charge is -2.33. The van der Waals surface area contributed by atoms with E-state index in [4.69, 9.17) is 0 Å². The first-order chi connectivity index (χ1) is 11.3. The van der Waals surface area contributed by atoms with Gasteiger partial charge in [0.15, 0.2) is 0 Å². The minimum atomic E-state index is 0.0179. The Morgan fingerprint density at radius 3 is 2.87 bits per heavy atom. The number of piperidine rings is 1. The highest BCUT2D eigenvalue weighted by Gasteiger charge is 2.25. The summed E-state index contributed by atoms with van der Waals surface area (Å²) in [4.78, 5) is 18.7. The lowest BCUT2D eigenvalue weighted by Crippen LogP contribution is -2.45. The molecule has 124 valence electrons. The average molecular weight is 333 g/mol. The zero-order valence-electron chi connectivity index (χ0n) is 13.4. The third-order valence-corrected chi connectivity index (χ3v) is 5.25. The molecule has 0 spiro atoms. The second-order valence-electron chi connectivity index (χ2n) is 5.94. The zero-order valence-corrected chi connectivity index (χ0v) is 14.2. The zero-order chi connectivity index (χ0) is 16.1. The van der Waals surface area contributed by atoms with E-state index in [2.05, 4.69) is 22.3 Å². The van der Waals surface area contributed by atoms with Crippen molar-refractivity contribution in [2.24, 2.45) is 5.92 Å². The molecule has 1 saturated heterocycles. The maximum Gasteiger partial charge on any atom is 0.317 e. The number of aromatic nitrogens is 3. The summed E-state index contributed by atoms with van der Waals surface area (Å²) in [6, 6.07) is 2.00. The van der Waals surface area contributed by atoms with E-state index in [1.54, 1.807) is 17.5 Å². The molecule has 0 unspecified atom stereocenters. The van der Waals surface area contributed by atoms with Crippen molar-refractivity contribution in [3.05, 3.63) is 35.0 Å². The predicted octanol–water partition coefficient (Wildman–Crippen LogP) is 2.91. The van der Waals surface area contributed by atoms with E-state index in [9.17, 15) is 4.79 Å². The first kappa shape index (κ1) is 16.0. The monoisotopic (exact) mass is 333 g/mol. The maximum atomic E-state index is 12.5. The topological polar surface area (TPSA) is 63.1 Å². The summed E-state index contributed by atoms with van der Waals surface area (Å²) in [5.41, 5.74) is 0. The molecule has 1 aliphatic heterocycles. The van der Waals surface area contributed by atoms with Gasteiger partial charge in [-0.1, -0.05) is 6.92 Å². The largest absolute Gasteiger partial charge is 0.329 e. The fourth-order valence-electron chi connectivity index (χ4n) is 2.98. The molecule has 0 saturated carbocycles. The van der Waals surface area contributed by atoms with Crippen LogP contribution in [0.25, 0.3) is 0 Å². The first-order valence-electron chi connectivity index (χ1n) is 8.18. The van der Waals surface area contributed by atoms with Crippen LogP contribution in [0.3, 0.4) is 0 Å². The molecule has 2 amide bonds. The molecule has 1 aliphatic rings. The van der Waals surface area contributed by atoms with Gasteiger partial charge in [-0.2, -0.15) is 5.10 Å². The fraction of sp³-hybridized carbons (Fsp3) is 0.562. The summed E-state index contributed by atoms with van der Waals surface area (Å²) < 4.78 is 1.98. The van der Waals surface area contributed by atoms with Gasteiger partial charge in [0.05, 0.1) is 6.04 Å². The van der Waals surface area contributed by atoms with E-state index in [-0.39, 0.29) is 12.1 Å². The van der Waals surface area contributed by atoms with Gasteiger partial charge in [-0.3, -0.25) is 4.68 Å². The van der Waals surface area contributed by atoms with Gasteiger partial charge >= 0.3 is 6.03 Å². The Labute approximate surface area is 140 Å². The van der Waals surface area contributed by atoms with Gasteiger partial charge in [-0.15, -0.1) is 11.3 Å². The van der Waals surface area contributed by atoms with Gasteiger partial charge in [0.1, 0.15) is 5.01 Å². The van der Waals surface area contributed by atoms with Crippen molar-refractivity contribution in [1.82, 2.24) is 25.0 Å². The molecule has 0 bridgehead atoms. The molecule has 0 radical (unpaired) electrons. The molecule has 0 aliphatic carbocycles. The van der Waals surface area contributed by atoms with Crippen LogP contribution in [0.4, 0.5) is 4.79 Å². The minimum Gasteiger partial charge on any atom is -0.329 e. The number of rotatable bonds is 5. The Morgan fingerprint density at radius 1 is 1.43 bits per heavy atom. The van der Waals surface area contributed by atoms with Crippen molar-refractivity contribution in [2.45, 2.75) is 38.8 Å². The van der Waals surface area contributed by atoms with Crippen LogP contribution in [0.15, 0.2) is 30.0 Å². The normalized spacial score (nSPS) is 17.2. The summed E-state index contributed by atoms with van der Waals surface area (Å²) >= 11 is 1.59. The fourth-order valence-corrected chi connectivity index (χ4v) is 3.75. The molecule has 2 aromatic heterocycles. The molecule has 6 nitrogen and oxygen atoms in total. The minimum absolute atomic E-state index is 0.0179. The van der Waals surface area contributed by atoms with Gasteiger partial charge in [0, 0.05) is 43.6 Å². The highest BCUT2D eigenvalue weighted by Crippen LogP contribution is 2.22. The first-order valence-corrected chi connectivity index (χ1v) is 9.06. The van der Waals surface area contributed by atoms with Crippen molar-refractivity contribution in [3.8, 4) is 0 Å². The summed E-state index contributed by atoms with van der Waals surface area (Å²) in [6.45, 7) is 4.64. The van der Waals surface area contributed by atoms with E-state index >= 15 is 0 Å². The van der Waals surface area contributed by atoms with Crippen LogP contribution in [0.5, 0.6) is 0 Å². The number of hydrogen-bond acceptors (Lipinski definition) is 4. The number of likely N-dealkylation sites (tertiary alicyclic amines) is 1. The highest BCUT2D eigenvalue weighted by molar-refractivity contribution is 7.09. The van der Waals surface area contributed by atoms with Crippen molar-refractivity contribution in [3.63, 3.8) is 0 Å². The van der Waals surface area contributed by atoms with Crippen LogP contribution in [0.1, 0.15) is 37.2 Å². The number of hydrogen-bond donors (Lipinski definition) is 1. The third kappa shape index (κ3) is 4.10. The molecule has 3 rings (SSSR count). The summed E-state index contributed by atoms with van der Waals surface area (Å²) in [7, 11) is 0. The van der Waals surface area contributed by atoms with Crippen molar-refractivity contribution in [2.75, 3.05) is 13.1 Å². The van der Waals surface area contributed by atoms with Crippen molar-refractivity contribution < 1.29 is 4.79 Å². The lowest BCUT2D eigenvalue weighted by molar-refractivity contribution is 0.161. The second kappa shape index (κ2) is 7.59. The third-order valence-electron chi connectivity index (χ3n) is 4.36. The number of carbonyl (C=O) groups excluding carboxylic acids is 1. The van der Waals surface area contributed by atoms with E-state index in [1.807, 2.05) is 33.4 Å². The SMILES string of the molecule is CC[C@H](NC(=O)N1CCC(Cn2cccn2)CC1)c1nccs1. The van der Waals surface area contributed by atoms with Crippen molar-refractivity contribution in [1.29, 1.82) is 0 Å². The van der Waals surface area contributed by atoms with E-state index in [0.717, 1.165) is 43.9 Å². The summed E-state index contributed by atoms with van der Waals surface area (Å²) in [6.07, 6.45) is 8.51. The van der Waals surface area contributed by atoms with Gasteiger partial charge in [-0.25, -0.2) is 9.78 Å². The molecular weight excluding hydrogens is 310 g/mol. The quantitative estimate of drug-likeness (QED) is 0.915. The summed E-state index contributed by atoms with van der Waals surface area (Å²) in [5.74, 6) is 0.597. The van der Waals surface area contributed by atoms with Gasteiger partial charge in [-0.05, 0) is 31.2 Å². The smallest absolute Gasteiger partial charge is 0.317 e. The Hall–Kier alpha value is -1.89. The Morgan fingerprint density at radius 2 is 2.26 bits per heavy atom. The van der Waals surface area contributed by atoms with Crippen LogP contribution in [-0.2, 0) is 6.54 Å². The van der Waals surface area contributed by atoms with Gasteiger partial charge < -0.3 is 10.2 Å². The standard InChI is InChI=1S/C16H23N5OS/c1-2-14(15-17-7-11-23-15)19-16(22)20-9-4-13(5-10-20)12-21-8-3-6-18-21/h3,6-8,11,13-14H,2,4-5,9-10,12H2,1H3,(H,19,22)/t14-/m0/s1. The number of carbonyl (C=O) groups is 1. The van der Waals surface area contributed by atoms with Crippen LogP contribution in [0, 0.1) is 5.92 Å². The molecule has 1 atom stereocenters. The van der Waals surface area contributed by atoms with E-state index < -0.39 is 0 Å². The molecular formula is C16H23N5OS. The van der Waals surface area contributed by atoms with Crippen LogP contribution in [0.2, 0.25) is 0 Å². The molecule has 2 aromatic rings. The second-order valence-corrected chi connectivity index (χ2v) is 6.87. The lowest BCUT2D eigenvalue weighted by atomic mass is 9.97. The number of urea groups is 1. The maximum absolute atomic E-state index is 12.5. The molecule has 1 fully saturated rings. The van der Waals surface area contributed by atoms with Gasteiger partial charge in [0.25, 0.3) is 0 Å². The Balaban J connectivity index is 1.48. The Kier molecular flexibility index (Phi) is 5.27. The highest BCUT2D eigenvalue weighted by atomic mass is 32.1. The van der Waals surface area contributed by atoms with E-state index in [1.165, 1.54) is 0 Å². The van der Waals surface area contributed by atoms with Crippen LogP contribution >= 0.6 is 11.3 Å². The van der Waals surface area contributed by atoms with Crippen molar-refractivity contribution >= 4 is 17.4 Å². The number of nitrogens with zero attached hydrogens (tertiary/aromatic N) is 4.